The highest BCUT2D eigenvalue weighted by Gasteiger charge is 2.21. The number of hydrogen-bond donors (Lipinski definition) is 2. The van der Waals surface area contributed by atoms with Crippen LogP contribution in [0.1, 0.15) is 16.7 Å². The Hall–Kier alpha value is -2.25. The molecule has 0 atom stereocenters. The van der Waals surface area contributed by atoms with E-state index in [0.29, 0.717) is 5.75 Å². The van der Waals surface area contributed by atoms with Gasteiger partial charge in [-0.15, -0.1) is 10.6 Å². The molecular weight excluding hydrogens is 327 g/mol. The average Bonchev–Trinajstić information content (AvgIpc) is 3.01. The number of hydrazine groups is 2. The fourth-order valence-corrected chi connectivity index (χ4v) is 3.34. The number of methoxy groups -OCH3 is 1. The topological polar surface area (TPSA) is 48.9 Å². The summed E-state index contributed by atoms with van der Waals surface area (Å²) in [6.07, 6.45) is 0. The zero-order valence-electron chi connectivity index (χ0n) is 13.8. The molecule has 0 saturated heterocycles. The zero-order valence-corrected chi connectivity index (χ0v) is 14.6. The minimum absolute atomic E-state index is 0.252. The van der Waals surface area contributed by atoms with Gasteiger partial charge in [0, 0.05) is 5.75 Å². The maximum Gasteiger partial charge on any atom is 0.205 e. The smallest absolute Gasteiger partial charge is 0.205 e. The van der Waals surface area contributed by atoms with Crippen molar-refractivity contribution in [3.05, 3.63) is 58.9 Å². The van der Waals surface area contributed by atoms with Crippen LogP contribution in [0.2, 0.25) is 0 Å². The second-order valence-corrected chi connectivity index (χ2v) is 6.44. The van der Waals surface area contributed by atoms with Gasteiger partial charge in [-0.3, -0.25) is 0 Å². The van der Waals surface area contributed by atoms with Crippen molar-refractivity contribution >= 4 is 22.6 Å². The number of rotatable bonds is 4. The predicted molar refractivity (Wildman–Crippen MR) is 96.3 cm³/mol. The normalized spacial score (nSPS) is 13.7. The van der Waals surface area contributed by atoms with Crippen molar-refractivity contribution in [2.45, 2.75) is 19.6 Å². The molecule has 5 nitrogen and oxygen atoms in total. The lowest BCUT2D eigenvalue weighted by molar-refractivity contribution is 0.386. The first kappa shape index (κ1) is 16.6. The van der Waals surface area contributed by atoms with E-state index in [4.69, 9.17) is 4.74 Å². The van der Waals surface area contributed by atoms with E-state index in [1.54, 1.807) is 6.07 Å². The third-order valence-electron chi connectivity index (χ3n) is 3.68. The van der Waals surface area contributed by atoms with Crippen LogP contribution in [-0.2, 0) is 5.75 Å². The second kappa shape index (κ2) is 7.11. The van der Waals surface area contributed by atoms with Crippen molar-refractivity contribution in [2.24, 2.45) is 5.10 Å². The van der Waals surface area contributed by atoms with Crippen LogP contribution in [0.4, 0.5) is 10.1 Å². The summed E-state index contributed by atoms with van der Waals surface area (Å²) < 4.78 is 18.7. The van der Waals surface area contributed by atoms with E-state index < -0.39 is 0 Å². The Bertz CT molecular complexity index is 781. The molecule has 7 heteroatoms. The third kappa shape index (κ3) is 3.47. The van der Waals surface area contributed by atoms with Gasteiger partial charge in [0.05, 0.1) is 12.8 Å². The monoisotopic (exact) mass is 346 g/mol. The first-order valence-electron chi connectivity index (χ1n) is 7.49. The fraction of sp³-hybridized carbons (Fsp3) is 0.235. The Morgan fingerprint density at radius 2 is 2.04 bits per heavy atom. The molecule has 0 fully saturated rings. The van der Waals surface area contributed by atoms with Gasteiger partial charge in [-0.1, -0.05) is 35.5 Å². The molecule has 1 heterocycles. The number of hydrazone groups is 1. The minimum Gasteiger partial charge on any atom is -0.494 e. The van der Waals surface area contributed by atoms with Gasteiger partial charge in [0.25, 0.3) is 0 Å². The van der Waals surface area contributed by atoms with E-state index in [1.165, 1.54) is 30.5 Å². The van der Waals surface area contributed by atoms with E-state index in [-0.39, 0.29) is 11.6 Å². The highest BCUT2D eigenvalue weighted by molar-refractivity contribution is 8.13. The Kier molecular flexibility index (Phi) is 4.92. The molecule has 3 rings (SSSR count). The molecule has 1 aliphatic heterocycles. The molecular formula is C17H19FN4OS. The van der Waals surface area contributed by atoms with Crippen LogP contribution < -0.4 is 20.8 Å². The predicted octanol–water partition coefficient (Wildman–Crippen LogP) is 3.48. The molecule has 0 aromatic heterocycles. The maximum absolute atomic E-state index is 13.8. The lowest BCUT2D eigenvalue weighted by Crippen LogP contribution is -2.40. The van der Waals surface area contributed by atoms with Crippen molar-refractivity contribution in [1.82, 2.24) is 11.1 Å². The van der Waals surface area contributed by atoms with Gasteiger partial charge in [0.15, 0.2) is 11.6 Å². The van der Waals surface area contributed by atoms with Gasteiger partial charge < -0.3 is 4.74 Å². The van der Waals surface area contributed by atoms with Gasteiger partial charge in [-0.2, -0.15) is 0 Å². The second-order valence-electron chi connectivity index (χ2n) is 5.50. The van der Waals surface area contributed by atoms with Crippen LogP contribution in [0.3, 0.4) is 0 Å². The molecule has 0 unspecified atom stereocenters. The van der Waals surface area contributed by atoms with Crippen LogP contribution in [0.25, 0.3) is 0 Å². The molecule has 2 N–H and O–H groups in total. The van der Waals surface area contributed by atoms with Crippen molar-refractivity contribution in [3.8, 4) is 5.75 Å². The largest absolute Gasteiger partial charge is 0.494 e. The van der Waals surface area contributed by atoms with Crippen molar-refractivity contribution in [2.75, 3.05) is 12.1 Å². The highest BCUT2D eigenvalue weighted by Crippen LogP contribution is 2.27. The molecule has 0 amide bonds. The van der Waals surface area contributed by atoms with Crippen LogP contribution >= 0.6 is 11.8 Å². The number of nitrogens with zero attached hydrogens (tertiary/aromatic N) is 2. The molecule has 24 heavy (non-hydrogen) atoms. The average molecular weight is 346 g/mol. The summed E-state index contributed by atoms with van der Waals surface area (Å²) in [4.78, 5) is 0. The van der Waals surface area contributed by atoms with Crippen LogP contribution in [0.5, 0.6) is 5.75 Å². The number of amidine groups is 1. The van der Waals surface area contributed by atoms with E-state index in [1.807, 2.05) is 17.1 Å². The summed E-state index contributed by atoms with van der Waals surface area (Å²) in [5, 5.41) is 6.92. The number of hydrogen-bond acceptors (Lipinski definition) is 6. The van der Waals surface area contributed by atoms with Crippen molar-refractivity contribution in [3.63, 3.8) is 0 Å². The number of aryl methyl sites for hydroxylation is 2. The molecule has 126 valence electrons. The first-order valence-corrected chi connectivity index (χ1v) is 8.48. The van der Waals surface area contributed by atoms with Crippen LogP contribution in [-0.4, -0.2) is 12.3 Å². The summed E-state index contributed by atoms with van der Waals surface area (Å²) in [6, 6.07) is 11.2. The highest BCUT2D eigenvalue weighted by atomic mass is 32.2. The molecule has 0 aliphatic carbocycles. The zero-order chi connectivity index (χ0) is 17.1. The van der Waals surface area contributed by atoms with Gasteiger partial charge in [0.1, 0.15) is 0 Å². The SMILES string of the molecule is COc1ccc(CSC2=NNNN2c2ccc(C)cc2C)cc1F. The van der Waals surface area contributed by atoms with E-state index in [2.05, 4.69) is 42.2 Å². The Balaban J connectivity index is 1.71. The van der Waals surface area contributed by atoms with Gasteiger partial charge in [0.2, 0.25) is 5.17 Å². The molecule has 2 aromatic rings. The standard InChI is InChI=1S/C17H19FN4OS/c1-11-4-6-15(12(2)8-11)22-17(19-20-21-22)24-10-13-5-7-16(23-3)14(18)9-13/h4-9,20-21H,10H2,1-3H3. The number of ether oxygens (including phenoxy) is 1. The summed E-state index contributed by atoms with van der Waals surface area (Å²) in [5.74, 6) is 0.499. The molecule has 2 aromatic carbocycles. The molecule has 0 saturated carbocycles. The summed E-state index contributed by atoms with van der Waals surface area (Å²) in [6.45, 7) is 4.12. The molecule has 0 bridgehead atoms. The van der Waals surface area contributed by atoms with E-state index in [0.717, 1.165) is 22.0 Å². The number of thioether (sulfide) groups is 1. The Morgan fingerprint density at radius 3 is 2.75 bits per heavy atom. The Labute approximate surface area is 144 Å². The van der Waals surface area contributed by atoms with E-state index in [9.17, 15) is 4.39 Å². The van der Waals surface area contributed by atoms with Crippen LogP contribution in [0.15, 0.2) is 41.5 Å². The molecule has 1 aliphatic rings. The number of anilines is 1. The number of benzene rings is 2. The van der Waals surface area contributed by atoms with Gasteiger partial charge in [-0.05, 0) is 43.2 Å². The summed E-state index contributed by atoms with van der Waals surface area (Å²) in [7, 11) is 1.46. The quantitative estimate of drug-likeness (QED) is 0.888. The fourth-order valence-electron chi connectivity index (χ4n) is 2.48. The summed E-state index contributed by atoms with van der Waals surface area (Å²) >= 11 is 1.52. The Morgan fingerprint density at radius 1 is 1.21 bits per heavy atom. The van der Waals surface area contributed by atoms with Crippen LogP contribution in [0, 0.1) is 19.7 Å². The van der Waals surface area contributed by atoms with Gasteiger partial charge >= 0.3 is 0 Å². The molecule has 0 radical (unpaired) electrons. The maximum atomic E-state index is 13.8. The first-order chi connectivity index (χ1) is 11.6. The number of nitrogens with one attached hydrogen (secondary N) is 2. The van der Waals surface area contributed by atoms with E-state index >= 15 is 0 Å². The lowest BCUT2D eigenvalue weighted by atomic mass is 10.1. The van der Waals surface area contributed by atoms with Crippen molar-refractivity contribution < 1.29 is 9.13 Å². The lowest BCUT2D eigenvalue weighted by Gasteiger charge is -2.20. The number of halogens is 1. The third-order valence-corrected chi connectivity index (χ3v) is 4.69. The molecule has 0 spiro atoms. The van der Waals surface area contributed by atoms with Crippen molar-refractivity contribution in [1.29, 1.82) is 0 Å². The summed E-state index contributed by atoms with van der Waals surface area (Å²) in [5.41, 5.74) is 10.0. The van der Waals surface area contributed by atoms with Gasteiger partial charge in [-0.25, -0.2) is 14.9 Å². The minimum atomic E-state index is -0.355.